The average Bonchev–Trinajstić information content (AvgIpc) is 2.58. The largest absolute Gasteiger partial charge is 0.466 e. The van der Waals surface area contributed by atoms with Gasteiger partial charge in [-0.1, -0.05) is 31.5 Å². The van der Waals surface area contributed by atoms with Gasteiger partial charge in [0, 0.05) is 12.1 Å². The summed E-state index contributed by atoms with van der Waals surface area (Å²) in [5, 5.41) is 5.26. The Balaban J connectivity index is 2.68. The number of hydrogen-bond acceptors (Lipinski definition) is 5. The lowest BCUT2D eigenvalue weighted by molar-refractivity contribution is -0.144. The van der Waals surface area contributed by atoms with E-state index < -0.39 is 29.6 Å². The number of ether oxygens (including phenoxy) is 2. The van der Waals surface area contributed by atoms with Gasteiger partial charge in [-0.15, -0.1) is 0 Å². The predicted molar refractivity (Wildman–Crippen MR) is 103 cm³/mol. The number of esters is 1. The molecule has 0 saturated carbocycles. The number of hydrogen-bond donors (Lipinski definition) is 2. The van der Waals surface area contributed by atoms with Crippen molar-refractivity contribution in [2.45, 2.75) is 65.0 Å². The molecule has 0 fully saturated rings. The molecular weight excluding hydrogens is 348 g/mol. The molecule has 0 aromatic heterocycles. The molecule has 0 unspecified atom stereocenters. The molecule has 2 N–H and O–H groups in total. The van der Waals surface area contributed by atoms with Gasteiger partial charge in [0.05, 0.1) is 6.61 Å². The molecule has 150 valence electrons. The lowest BCUT2D eigenvalue weighted by Crippen LogP contribution is -2.46. The number of anilines is 1. The molecule has 0 saturated heterocycles. The first-order valence-corrected chi connectivity index (χ1v) is 9.22. The SMILES string of the molecule is CCCCOC(=O)CC[C@H](NC(=O)OC(C)(C)C)C(=O)Nc1ccccc1. The molecule has 0 spiro atoms. The third kappa shape index (κ3) is 10.2. The highest BCUT2D eigenvalue weighted by Gasteiger charge is 2.25. The van der Waals surface area contributed by atoms with Crippen LogP contribution in [0.1, 0.15) is 53.4 Å². The minimum Gasteiger partial charge on any atom is -0.466 e. The third-order valence-electron chi connectivity index (χ3n) is 3.45. The molecule has 27 heavy (non-hydrogen) atoms. The molecule has 1 rings (SSSR count). The Kier molecular flexibility index (Phi) is 9.33. The van der Waals surface area contributed by atoms with Crippen molar-refractivity contribution in [1.82, 2.24) is 5.32 Å². The molecule has 0 aliphatic heterocycles. The highest BCUT2D eigenvalue weighted by molar-refractivity contribution is 5.96. The number of rotatable bonds is 9. The van der Waals surface area contributed by atoms with Crippen LogP contribution in [0.15, 0.2) is 30.3 Å². The Bertz CT molecular complexity index is 611. The zero-order valence-corrected chi connectivity index (χ0v) is 16.5. The van der Waals surface area contributed by atoms with E-state index in [1.165, 1.54) is 0 Å². The van der Waals surface area contributed by atoms with Gasteiger partial charge >= 0.3 is 12.1 Å². The third-order valence-corrected chi connectivity index (χ3v) is 3.45. The van der Waals surface area contributed by atoms with Crippen molar-refractivity contribution in [3.63, 3.8) is 0 Å². The van der Waals surface area contributed by atoms with E-state index in [2.05, 4.69) is 10.6 Å². The minimum atomic E-state index is -0.918. The fourth-order valence-corrected chi connectivity index (χ4v) is 2.13. The molecule has 1 aromatic rings. The molecule has 0 heterocycles. The van der Waals surface area contributed by atoms with Crippen LogP contribution in [0, 0.1) is 0 Å². The summed E-state index contributed by atoms with van der Waals surface area (Å²) in [4.78, 5) is 36.4. The Morgan fingerprint density at radius 3 is 2.37 bits per heavy atom. The second-order valence-corrected chi connectivity index (χ2v) is 7.17. The maximum atomic E-state index is 12.6. The topological polar surface area (TPSA) is 93.7 Å². The van der Waals surface area contributed by atoms with E-state index in [-0.39, 0.29) is 12.8 Å². The van der Waals surface area contributed by atoms with Crippen LogP contribution in [0.5, 0.6) is 0 Å². The molecule has 7 heteroatoms. The van der Waals surface area contributed by atoms with E-state index in [1.54, 1.807) is 45.0 Å². The number of unbranched alkanes of at least 4 members (excludes halogenated alkanes) is 1. The molecular formula is C20H30N2O5. The van der Waals surface area contributed by atoms with Crippen molar-refractivity contribution < 1.29 is 23.9 Å². The highest BCUT2D eigenvalue weighted by Crippen LogP contribution is 2.11. The van der Waals surface area contributed by atoms with Gasteiger partial charge in [-0.2, -0.15) is 0 Å². The first kappa shape index (κ1) is 22.5. The second kappa shape index (κ2) is 11.2. The van der Waals surface area contributed by atoms with Crippen molar-refractivity contribution >= 4 is 23.7 Å². The molecule has 0 aliphatic carbocycles. The maximum Gasteiger partial charge on any atom is 0.408 e. The summed E-state index contributed by atoms with van der Waals surface area (Å²) in [7, 11) is 0. The van der Waals surface area contributed by atoms with Crippen molar-refractivity contribution in [3.05, 3.63) is 30.3 Å². The first-order chi connectivity index (χ1) is 12.7. The number of carbonyl (C=O) groups excluding carboxylic acids is 3. The van der Waals surface area contributed by atoms with Crippen LogP contribution in [0.4, 0.5) is 10.5 Å². The summed E-state index contributed by atoms with van der Waals surface area (Å²) >= 11 is 0. The highest BCUT2D eigenvalue weighted by atomic mass is 16.6. The molecule has 7 nitrogen and oxygen atoms in total. The van der Waals surface area contributed by atoms with Crippen LogP contribution in [-0.4, -0.2) is 36.2 Å². The molecule has 0 radical (unpaired) electrons. The number of para-hydroxylation sites is 1. The molecule has 0 bridgehead atoms. The maximum absolute atomic E-state index is 12.6. The van der Waals surface area contributed by atoms with E-state index in [0.29, 0.717) is 12.3 Å². The Morgan fingerprint density at radius 2 is 1.78 bits per heavy atom. The summed E-state index contributed by atoms with van der Waals surface area (Å²) in [6, 6.07) is 7.97. The van der Waals surface area contributed by atoms with Gasteiger partial charge < -0.3 is 20.1 Å². The van der Waals surface area contributed by atoms with Gasteiger partial charge in [0.1, 0.15) is 11.6 Å². The summed E-state index contributed by atoms with van der Waals surface area (Å²) in [6.45, 7) is 7.56. The lowest BCUT2D eigenvalue weighted by Gasteiger charge is -2.23. The van der Waals surface area contributed by atoms with Crippen LogP contribution in [0.3, 0.4) is 0 Å². The van der Waals surface area contributed by atoms with Crippen molar-refractivity contribution in [1.29, 1.82) is 0 Å². The Labute approximate surface area is 160 Å². The predicted octanol–water partition coefficient (Wildman–Crippen LogP) is 3.64. The number of carbonyl (C=O) groups is 3. The summed E-state index contributed by atoms with van der Waals surface area (Å²) in [6.07, 6.45) is 1.14. The fourth-order valence-electron chi connectivity index (χ4n) is 2.13. The zero-order chi connectivity index (χ0) is 20.3. The van der Waals surface area contributed by atoms with Crippen LogP contribution in [0.2, 0.25) is 0 Å². The molecule has 1 aromatic carbocycles. The average molecular weight is 378 g/mol. The van der Waals surface area contributed by atoms with E-state index in [9.17, 15) is 14.4 Å². The number of benzene rings is 1. The van der Waals surface area contributed by atoms with Crippen molar-refractivity contribution in [3.8, 4) is 0 Å². The summed E-state index contributed by atoms with van der Waals surface area (Å²) in [5.74, 6) is -0.819. The van der Waals surface area contributed by atoms with Crippen LogP contribution < -0.4 is 10.6 Å². The van der Waals surface area contributed by atoms with Gasteiger partial charge in [-0.3, -0.25) is 9.59 Å². The monoisotopic (exact) mass is 378 g/mol. The van der Waals surface area contributed by atoms with Gasteiger partial charge in [-0.25, -0.2) is 4.79 Å². The van der Waals surface area contributed by atoms with Gasteiger partial charge in [0.15, 0.2) is 0 Å². The van der Waals surface area contributed by atoms with E-state index >= 15 is 0 Å². The number of nitrogens with one attached hydrogen (secondary N) is 2. The Morgan fingerprint density at radius 1 is 1.11 bits per heavy atom. The number of alkyl carbamates (subject to hydrolysis) is 1. The number of amides is 2. The second-order valence-electron chi connectivity index (χ2n) is 7.17. The smallest absolute Gasteiger partial charge is 0.408 e. The quantitative estimate of drug-likeness (QED) is 0.505. The van der Waals surface area contributed by atoms with Crippen LogP contribution in [0.25, 0.3) is 0 Å². The summed E-state index contributed by atoms with van der Waals surface area (Å²) in [5.41, 5.74) is -0.0899. The van der Waals surface area contributed by atoms with Crippen molar-refractivity contribution in [2.24, 2.45) is 0 Å². The minimum absolute atomic E-state index is 0.0202. The van der Waals surface area contributed by atoms with Gasteiger partial charge in [-0.05, 0) is 45.7 Å². The molecule has 1 atom stereocenters. The fraction of sp³-hybridized carbons (Fsp3) is 0.550. The van der Waals surface area contributed by atoms with E-state index in [0.717, 1.165) is 12.8 Å². The standard InChI is InChI=1S/C20H30N2O5/c1-5-6-14-26-17(23)13-12-16(22-19(25)27-20(2,3)4)18(24)21-15-10-8-7-9-11-15/h7-11,16H,5-6,12-14H2,1-4H3,(H,21,24)(H,22,25)/t16-/m0/s1. The van der Waals surface area contributed by atoms with Crippen LogP contribution in [-0.2, 0) is 19.1 Å². The molecule has 2 amide bonds. The summed E-state index contributed by atoms with van der Waals surface area (Å²) < 4.78 is 10.3. The van der Waals surface area contributed by atoms with Crippen molar-refractivity contribution in [2.75, 3.05) is 11.9 Å². The van der Waals surface area contributed by atoms with Crippen LogP contribution >= 0.6 is 0 Å². The van der Waals surface area contributed by atoms with E-state index in [4.69, 9.17) is 9.47 Å². The van der Waals surface area contributed by atoms with Gasteiger partial charge in [0.2, 0.25) is 5.91 Å². The zero-order valence-electron chi connectivity index (χ0n) is 16.5. The molecule has 0 aliphatic rings. The van der Waals surface area contributed by atoms with E-state index in [1.807, 2.05) is 13.0 Å². The Hall–Kier alpha value is -2.57. The van der Waals surface area contributed by atoms with Gasteiger partial charge in [0.25, 0.3) is 0 Å². The normalized spacial score (nSPS) is 12.0. The first-order valence-electron chi connectivity index (χ1n) is 9.22. The lowest BCUT2D eigenvalue weighted by atomic mass is 10.1.